The molecule has 3 heterocycles. The van der Waals surface area contributed by atoms with Gasteiger partial charge in [-0.25, -0.2) is 0 Å². The second kappa shape index (κ2) is 35.3. The van der Waals surface area contributed by atoms with E-state index in [2.05, 4.69) is 18.9 Å². The third-order valence-corrected chi connectivity index (χ3v) is 49.8. The van der Waals surface area contributed by atoms with Crippen LogP contribution in [0.3, 0.4) is 0 Å². The van der Waals surface area contributed by atoms with Crippen LogP contribution in [0, 0.1) is 0 Å². The van der Waals surface area contributed by atoms with Crippen LogP contribution in [0.4, 0.5) is 0 Å². The molecule has 0 N–H and O–H groups in total. The van der Waals surface area contributed by atoms with Gasteiger partial charge < -0.3 is 70.4 Å². The van der Waals surface area contributed by atoms with Gasteiger partial charge in [-0.3, -0.25) is 0 Å². The van der Waals surface area contributed by atoms with E-state index in [1.807, 2.05) is 0 Å². The molecule has 3 saturated heterocycles. The zero-order chi connectivity index (χ0) is 51.3. The van der Waals surface area contributed by atoms with Crippen molar-refractivity contribution >= 4 is 61.6 Å². The average molecular weight is 1270 g/mol. The van der Waals surface area contributed by atoms with Crippen molar-refractivity contribution in [3.8, 4) is 0 Å². The van der Waals surface area contributed by atoms with E-state index in [4.69, 9.17) is 37.0 Å². The summed E-state index contributed by atoms with van der Waals surface area (Å²) in [4.78, 5) is 50.6. The standard InChI is InChI=1S/C42H77O12Si7.2C4H10O2.3K/c43-55(36-22-8-1-9-23-36)46-58(39-28-14-4-15-29-39)48-56(44,37-24-10-2-11-25-37)50-60(41-32-18-6-19-33-41)51-57(45,38-26-12-3-13-27-38)49-59(47-55,40-30-16-5-17-31-40)53-61(52-58,54-60)42-34-20-7-21-35-42;2*1-5-3-4-6-2;;;/h36-42H,1-35H2;2*3-4H2,1-2H3;;;/q-3;;;3*+1. The van der Waals surface area contributed by atoms with Crippen molar-refractivity contribution in [2.45, 2.75) is 264 Å². The second-order valence-corrected chi connectivity index (χ2v) is 45.0. The summed E-state index contributed by atoms with van der Waals surface area (Å²) >= 11 is 0. The molecule has 3 aliphatic heterocycles. The molecule has 10 rings (SSSR count). The minimum Gasteiger partial charge on any atom is -0.817 e. The molecule has 7 aliphatic carbocycles. The number of fused-ring (bicyclic) bond motifs is 3. The topological polar surface area (TPSA) is 189 Å². The van der Waals surface area contributed by atoms with Gasteiger partial charge in [0.15, 0.2) is 0 Å². The van der Waals surface area contributed by atoms with Gasteiger partial charge in [-0.15, -0.1) is 0 Å². The van der Waals surface area contributed by atoms with Crippen LogP contribution in [0.25, 0.3) is 0 Å². The summed E-state index contributed by atoms with van der Waals surface area (Å²) in [7, 11) is -24.7. The van der Waals surface area contributed by atoms with Crippen LogP contribution in [-0.4, -0.2) is 116 Å². The van der Waals surface area contributed by atoms with Gasteiger partial charge in [0.05, 0.1) is 26.4 Å². The van der Waals surface area contributed by atoms with E-state index in [1.54, 1.807) is 28.4 Å². The Bertz CT molecular complexity index is 1430. The minimum absolute atomic E-state index is 0. The molecular weight excluding hydrogens is 1170 g/mol. The zero-order valence-corrected chi connectivity index (χ0v) is 65.0. The van der Waals surface area contributed by atoms with Gasteiger partial charge in [0.25, 0.3) is 0 Å². The fourth-order valence-corrected chi connectivity index (χ4v) is 56.3. The van der Waals surface area contributed by atoms with Crippen LogP contribution in [0.1, 0.15) is 225 Å². The maximum Gasteiger partial charge on any atom is 1.00 e. The smallest absolute Gasteiger partial charge is 0.817 e. The van der Waals surface area contributed by atoms with Gasteiger partial charge in [-0.05, 0) is 107 Å². The first-order valence-corrected chi connectivity index (χ1v) is 42.4. The van der Waals surface area contributed by atoms with Gasteiger partial charge in [0.2, 0.25) is 26.4 Å². The van der Waals surface area contributed by atoms with Crippen molar-refractivity contribution in [2.24, 2.45) is 0 Å². The Labute approximate surface area is 594 Å². The van der Waals surface area contributed by atoms with Crippen LogP contribution in [0.5, 0.6) is 0 Å². The minimum atomic E-state index is -4.68. The van der Waals surface area contributed by atoms with Gasteiger partial charge in [0.1, 0.15) is 0 Å². The van der Waals surface area contributed by atoms with Gasteiger partial charge in [-0.1, -0.05) is 135 Å². The van der Waals surface area contributed by atoms with Crippen LogP contribution in [-0.2, 0) is 56.0 Å². The number of ether oxygens (including phenoxy) is 4. The van der Waals surface area contributed by atoms with E-state index in [9.17, 15) is 0 Å². The summed E-state index contributed by atoms with van der Waals surface area (Å²) in [5.41, 5.74) is -2.04. The maximum absolute atomic E-state index is 16.9. The van der Waals surface area contributed by atoms with Crippen LogP contribution >= 0.6 is 0 Å². The Morgan fingerprint density at radius 2 is 0.395 bits per heavy atom. The summed E-state index contributed by atoms with van der Waals surface area (Å²) in [6.45, 7) is 2.76. The van der Waals surface area contributed by atoms with Crippen LogP contribution < -0.4 is 169 Å². The second-order valence-electron chi connectivity index (χ2n) is 23.5. The molecule has 26 heteroatoms. The molecule has 7 saturated carbocycles. The first-order chi connectivity index (χ1) is 35.4. The van der Waals surface area contributed by atoms with E-state index in [0.717, 1.165) is 186 Å². The van der Waals surface area contributed by atoms with Crippen molar-refractivity contribution in [3.63, 3.8) is 0 Å². The zero-order valence-electron chi connectivity index (χ0n) is 48.7. The normalized spacial score (nSPS) is 38.1. The number of rotatable bonds is 13. The van der Waals surface area contributed by atoms with Crippen LogP contribution in [0.15, 0.2) is 0 Å². The van der Waals surface area contributed by atoms with Gasteiger partial charge in [-0.2, -0.15) is 0 Å². The SMILES string of the molecule is COCCOC.COCCOC.[K+].[K+].[K+].[O-][Si]1(C2CCCCC2)O[Si]2(C3CCCCC3)O[Si]([O-])(C3CCCCC3)O[Si]3(C4CCCCC4)O[Si]([O-])(C4CCCCC4)O[Si](C4CCCCC4)(O1)O[Si](C1CCCCC1)(O2)O3. The Kier molecular flexibility index (Phi) is 33.6. The number of hydrogen-bond acceptors (Lipinski definition) is 16. The van der Waals surface area contributed by atoms with E-state index in [-0.39, 0.29) is 176 Å². The number of hydrogen-bond donors (Lipinski definition) is 0. The molecule has 0 aromatic carbocycles. The summed E-state index contributed by atoms with van der Waals surface area (Å²) in [5, 5.41) is 0. The van der Waals surface area contributed by atoms with E-state index in [0.29, 0.717) is 65.0 Å². The third-order valence-electron chi connectivity index (χ3n) is 18.3. The Hall–Kier alpha value is 5.79. The molecule has 0 unspecified atom stereocenters. The molecule has 424 valence electrons. The predicted octanol–water partition coefficient (Wildman–Crippen LogP) is 0.740. The van der Waals surface area contributed by atoms with Gasteiger partial charge in [0, 0.05) is 50.6 Å². The molecule has 10 fully saturated rings. The molecule has 0 aromatic heterocycles. The molecule has 0 amide bonds. The fourth-order valence-electron chi connectivity index (χ4n) is 14.1. The van der Waals surface area contributed by atoms with E-state index in [1.165, 1.54) is 0 Å². The molecular formula is C50H97K3O16Si7. The molecule has 10 aliphatic rings. The Balaban J connectivity index is 0.000000641. The van der Waals surface area contributed by atoms with Crippen LogP contribution in [0.2, 0.25) is 38.8 Å². The van der Waals surface area contributed by atoms with Crippen molar-refractivity contribution in [1.29, 1.82) is 0 Å². The molecule has 0 aromatic rings. The average Bonchev–Trinajstić information content (AvgIpc) is 3.42. The first-order valence-electron chi connectivity index (χ1n) is 29.8. The molecule has 76 heavy (non-hydrogen) atoms. The quantitative estimate of drug-likeness (QED) is 0.185. The Morgan fingerprint density at radius 1 is 0.250 bits per heavy atom. The Morgan fingerprint density at radius 3 is 0.553 bits per heavy atom. The molecule has 16 nitrogen and oxygen atoms in total. The summed E-state index contributed by atoms with van der Waals surface area (Å²) in [6.07, 6.45) is 31.3. The first kappa shape index (κ1) is 72.5. The monoisotopic (exact) mass is 1270 g/mol. The molecule has 0 radical (unpaired) electrons. The molecule has 4 bridgehead atoms. The third kappa shape index (κ3) is 18.5. The molecule has 0 spiro atoms. The van der Waals surface area contributed by atoms with Crippen molar-refractivity contribution in [2.75, 3.05) is 54.9 Å². The molecule has 0 atom stereocenters. The largest absolute Gasteiger partial charge is 1.00 e. The predicted molar refractivity (Wildman–Crippen MR) is 285 cm³/mol. The van der Waals surface area contributed by atoms with E-state index >= 15 is 14.4 Å². The van der Waals surface area contributed by atoms with Crippen molar-refractivity contribution in [1.82, 2.24) is 0 Å². The summed E-state index contributed by atoms with van der Waals surface area (Å²) in [5.74, 6) is 0. The maximum atomic E-state index is 16.9. The van der Waals surface area contributed by atoms with Gasteiger partial charge >= 0.3 is 189 Å². The fraction of sp³-hybridized carbons (Fsp3) is 1.00. The summed E-state index contributed by atoms with van der Waals surface area (Å²) < 4.78 is 89.2. The number of methoxy groups -OCH3 is 4. The van der Waals surface area contributed by atoms with E-state index < -0.39 is 78.3 Å². The van der Waals surface area contributed by atoms with Crippen molar-refractivity contribution < 1.29 is 225 Å². The summed E-state index contributed by atoms with van der Waals surface area (Å²) in [6, 6.07) is 0. The van der Waals surface area contributed by atoms with Crippen molar-refractivity contribution in [3.05, 3.63) is 0 Å².